The Hall–Kier alpha value is -0.0300. The number of carbonyl (C=O) groups is 1. The van der Waals surface area contributed by atoms with E-state index in [2.05, 4.69) is 29.0 Å². The van der Waals surface area contributed by atoms with Crippen molar-refractivity contribution >= 4 is 30.7 Å². The lowest BCUT2D eigenvalue weighted by Gasteiger charge is -2.46. The molecule has 3 aliphatic heterocycles. The highest BCUT2D eigenvalue weighted by molar-refractivity contribution is 5.85. The first kappa shape index (κ1) is 19.0. The molecule has 3 atom stereocenters. The van der Waals surface area contributed by atoms with Crippen LogP contribution in [0.1, 0.15) is 39.5 Å². The van der Waals surface area contributed by atoms with Gasteiger partial charge in [0, 0.05) is 31.7 Å². The fraction of sp³-hybridized carbons (Fsp3) is 0.933. The molecule has 124 valence electrons. The fourth-order valence-corrected chi connectivity index (χ4v) is 4.06. The lowest BCUT2D eigenvalue weighted by Crippen LogP contribution is -2.61. The maximum Gasteiger partial charge on any atom is 0.230 e. The molecule has 3 fully saturated rings. The van der Waals surface area contributed by atoms with Gasteiger partial charge >= 0.3 is 0 Å². The number of hydrogen-bond acceptors (Lipinski definition) is 3. The van der Waals surface area contributed by atoms with Crippen LogP contribution in [-0.4, -0.2) is 60.5 Å². The molecule has 21 heavy (non-hydrogen) atoms. The Labute approximate surface area is 140 Å². The largest absolute Gasteiger partial charge is 0.337 e. The molecule has 0 spiro atoms. The number of rotatable bonds is 1. The lowest BCUT2D eigenvalue weighted by molar-refractivity contribution is -0.148. The van der Waals surface area contributed by atoms with E-state index in [1.807, 2.05) is 0 Å². The minimum Gasteiger partial charge on any atom is -0.337 e. The molecule has 4 nitrogen and oxygen atoms in total. The van der Waals surface area contributed by atoms with E-state index >= 15 is 0 Å². The van der Waals surface area contributed by atoms with Crippen LogP contribution in [0.2, 0.25) is 0 Å². The van der Waals surface area contributed by atoms with Gasteiger partial charge < -0.3 is 10.2 Å². The topological polar surface area (TPSA) is 35.6 Å². The predicted molar refractivity (Wildman–Crippen MR) is 90.5 cm³/mol. The number of fused-ring (bicyclic) bond motifs is 1. The Morgan fingerprint density at radius 2 is 2.00 bits per heavy atom. The van der Waals surface area contributed by atoms with Crippen molar-refractivity contribution in [3.05, 3.63) is 0 Å². The SMILES string of the molecule is CC1CN2CCCC2CN1C(=O)C1(C)CCCNC1.Cl.Cl. The van der Waals surface area contributed by atoms with Crippen molar-refractivity contribution in [1.82, 2.24) is 15.1 Å². The van der Waals surface area contributed by atoms with Gasteiger partial charge in [-0.2, -0.15) is 0 Å². The third-order valence-corrected chi connectivity index (χ3v) is 5.31. The summed E-state index contributed by atoms with van der Waals surface area (Å²) in [5.74, 6) is 0.388. The predicted octanol–water partition coefficient (Wildman–Crippen LogP) is 1.91. The average molecular weight is 338 g/mol. The summed E-state index contributed by atoms with van der Waals surface area (Å²) in [6.07, 6.45) is 4.74. The molecule has 0 aliphatic carbocycles. The van der Waals surface area contributed by atoms with Gasteiger partial charge in [-0.25, -0.2) is 0 Å². The van der Waals surface area contributed by atoms with Crippen molar-refractivity contribution in [3.63, 3.8) is 0 Å². The average Bonchev–Trinajstić information content (AvgIpc) is 2.85. The van der Waals surface area contributed by atoms with E-state index < -0.39 is 0 Å². The highest BCUT2D eigenvalue weighted by Gasteiger charge is 2.43. The molecule has 0 aromatic rings. The van der Waals surface area contributed by atoms with Crippen LogP contribution in [0.5, 0.6) is 0 Å². The van der Waals surface area contributed by atoms with Gasteiger partial charge in [-0.05, 0) is 52.6 Å². The molecule has 3 unspecified atom stereocenters. The molecule has 0 radical (unpaired) electrons. The van der Waals surface area contributed by atoms with Crippen LogP contribution in [-0.2, 0) is 4.79 Å². The van der Waals surface area contributed by atoms with Crippen LogP contribution in [0.15, 0.2) is 0 Å². The Balaban J connectivity index is 0.00000110. The van der Waals surface area contributed by atoms with Gasteiger partial charge in [0.1, 0.15) is 0 Å². The van der Waals surface area contributed by atoms with Gasteiger partial charge in [-0.15, -0.1) is 24.8 Å². The zero-order valence-electron chi connectivity index (χ0n) is 13.1. The maximum atomic E-state index is 12.9. The summed E-state index contributed by atoms with van der Waals surface area (Å²) in [5, 5.41) is 3.40. The molecule has 3 aliphatic rings. The first-order valence-corrected chi connectivity index (χ1v) is 7.86. The fourth-order valence-electron chi connectivity index (χ4n) is 4.06. The van der Waals surface area contributed by atoms with Gasteiger partial charge in [0.05, 0.1) is 5.41 Å². The number of nitrogens with one attached hydrogen (secondary N) is 1. The van der Waals surface area contributed by atoms with Crippen LogP contribution < -0.4 is 5.32 Å². The van der Waals surface area contributed by atoms with Crippen molar-refractivity contribution in [2.24, 2.45) is 5.41 Å². The second-order valence-electron chi connectivity index (χ2n) is 6.94. The first-order valence-electron chi connectivity index (χ1n) is 7.86. The molecule has 6 heteroatoms. The number of carbonyl (C=O) groups excluding carboxylic acids is 1. The van der Waals surface area contributed by atoms with Crippen molar-refractivity contribution in [3.8, 4) is 0 Å². The normalized spacial score (nSPS) is 36.4. The van der Waals surface area contributed by atoms with E-state index in [1.54, 1.807) is 0 Å². The highest BCUT2D eigenvalue weighted by Crippen LogP contribution is 2.32. The van der Waals surface area contributed by atoms with Gasteiger partial charge in [-0.3, -0.25) is 9.69 Å². The van der Waals surface area contributed by atoms with Crippen molar-refractivity contribution < 1.29 is 4.79 Å². The number of amides is 1. The molecule has 0 bridgehead atoms. The Kier molecular flexibility index (Phi) is 6.79. The summed E-state index contributed by atoms with van der Waals surface area (Å²) in [5.41, 5.74) is -0.173. The lowest BCUT2D eigenvalue weighted by atomic mass is 9.80. The molecular weight excluding hydrogens is 309 g/mol. The van der Waals surface area contributed by atoms with Crippen molar-refractivity contribution in [1.29, 1.82) is 0 Å². The first-order chi connectivity index (χ1) is 9.10. The Bertz CT molecular complexity index is 361. The van der Waals surface area contributed by atoms with E-state index in [0.717, 1.165) is 39.0 Å². The third kappa shape index (κ3) is 3.66. The second kappa shape index (κ2) is 7.49. The molecule has 1 amide bonds. The van der Waals surface area contributed by atoms with Crippen LogP contribution in [0.4, 0.5) is 0 Å². The number of nitrogens with zero attached hydrogens (tertiary/aromatic N) is 2. The molecule has 3 heterocycles. The van der Waals surface area contributed by atoms with E-state index in [-0.39, 0.29) is 30.2 Å². The van der Waals surface area contributed by atoms with E-state index in [4.69, 9.17) is 0 Å². The summed E-state index contributed by atoms with van der Waals surface area (Å²) < 4.78 is 0. The summed E-state index contributed by atoms with van der Waals surface area (Å²) in [4.78, 5) is 17.7. The van der Waals surface area contributed by atoms with Gasteiger partial charge in [0.15, 0.2) is 0 Å². The zero-order chi connectivity index (χ0) is 13.5. The summed E-state index contributed by atoms with van der Waals surface area (Å²) in [7, 11) is 0. The quantitative estimate of drug-likeness (QED) is 0.793. The smallest absolute Gasteiger partial charge is 0.230 e. The molecule has 0 saturated carbocycles. The highest BCUT2D eigenvalue weighted by atomic mass is 35.5. The van der Waals surface area contributed by atoms with Crippen LogP contribution >= 0.6 is 24.8 Å². The van der Waals surface area contributed by atoms with Gasteiger partial charge in [0.25, 0.3) is 0 Å². The Morgan fingerprint density at radius 1 is 1.24 bits per heavy atom. The molecule has 0 aromatic carbocycles. The van der Waals surface area contributed by atoms with Gasteiger partial charge in [-0.1, -0.05) is 0 Å². The molecule has 3 saturated heterocycles. The zero-order valence-corrected chi connectivity index (χ0v) is 14.8. The summed E-state index contributed by atoms with van der Waals surface area (Å²) in [6.45, 7) is 9.53. The van der Waals surface area contributed by atoms with Crippen LogP contribution in [0.25, 0.3) is 0 Å². The number of hydrogen-bond donors (Lipinski definition) is 1. The monoisotopic (exact) mass is 337 g/mol. The summed E-state index contributed by atoms with van der Waals surface area (Å²) in [6, 6.07) is 1.00. The van der Waals surface area contributed by atoms with E-state index in [0.29, 0.717) is 18.0 Å². The van der Waals surface area contributed by atoms with Crippen LogP contribution in [0.3, 0.4) is 0 Å². The van der Waals surface area contributed by atoms with Crippen molar-refractivity contribution in [2.75, 3.05) is 32.7 Å². The standard InChI is InChI=1S/C15H27N3O.2ClH/c1-12-9-17-8-3-5-13(17)10-18(12)14(19)15(2)6-4-7-16-11-15;;/h12-13,16H,3-11H2,1-2H3;2*1H. The molecular formula is C15H29Cl2N3O. The van der Waals surface area contributed by atoms with Crippen molar-refractivity contribution in [2.45, 2.75) is 51.6 Å². The number of piperazine rings is 1. The number of halogens is 2. The van der Waals surface area contributed by atoms with Crippen LogP contribution in [0, 0.1) is 5.41 Å². The third-order valence-electron chi connectivity index (χ3n) is 5.31. The van der Waals surface area contributed by atoms with E-state index in [9.17, 15) is 4.79 Å². The van der Waals surface area contributed by atoms with Gasteiger partial charge in [0.2, 0.25) is 5.91 Å². The minimum atomic E-state index is -0.173. The second-order valence-corrected chi connectivity index (χ2v) is 6.94. The van der Waals surface area contributed by atoms with E-state index in [1.165, 1.54) is 19.4 Å². The Morgan fingerprint density at radius 3 is 2.67 bits per heavy atom. The summed E-state index contributed by atoms with van der Waals surface area (Å²) >= 11 is 0. The minimum absolute atomic E-state index is 0. The number of piperidine rings is 1. The maximum absolute atomic E-state index is 12.9. The molecule has 1 N–H and O–H groups in total. The molecule has 0 aromatic heterocycles. The molecule has 3 rings (SSSR count).